The summed E-state index contributed by atoms with van der Waals surface area (Å²) in [6.45, 7) is 1.81. The maximum atomic E-state index is 13.3. The number of amides is 1. The lowest BCUT2D eigenvalue weighted by Gasteiger charge is -2.17. The van der Waals surface area contributed by atoms with Crippen LogP contribution in [0.3, 0.4) is 0 Å². The van der Waals surface area contributed by atoms with E-state index in [1.165, 1.54) is 11.8 Å². The van der Waals surface area contributed by atoms with E-state index >= 15 is 0 Å². The molecular formula is C21H19BrClN3O2S. The Labute approximate surface area is 186 Å². The normalized spacial score (nSPS) is 14.1. The number of carbonyl (C=O) groups excluding carboxylic acids is 1. The van der Waals surface area contributed by atoms with Gasteiger partial charge in [0.1, 0.15) is 0 Å². The van der Waals surface area contributed by atoms with Gasteiger partial charge in [-0.1, -0.05) is 57.5 Å². The number of halogens is 2. The number of hydrogen-bond donors (Lipinski definition) is 0. The van der Waals surface area contributed by atoms with Crippen molar-refractivity contribution in [3.63, 3.8) is 0 Å². The molecule has 1 aromatic heterocycles. The molecular weight excluding hydrogens is 474 g/mol. The van der Waals surface area contributed by atoms with Gasteiger partial charge in [-0.15, -0.1) is 0 Å². The molecule has 1 aliphatic heterocycles. The first-order chi connectivity index (χ1) is 14.0. The Morgan fingerprint density at radius 3 is 2.76 bits per heavy atom. The lowest BCUT2D eigenvalue weighted by atomic mass is 10.2. The molecule has 4 rings (SSSR count). The maximum absolute atomic E-state index is 13.3. The molecule has 0 unspecified atom stereocenters. The molecule has 0 bridgehead atoms. The topological polar surface area (TPSA) is 55.2 Å². The smallest absolute Gasteiger partial charge is 0.262 e. The van der Waals surface area contributed by atoms with Crippen LogP contribution in [0.15, 0.2) is 56.9 Å². The van der Waals surface area contributed by atoms with Crippen molar-refractivity contribution in [3.05, 3.63) is 67.9 Å². The van der Waals surface area contributed by atoms with E-state index in [0.717, 1.165) is 23.0 Å². The molecule has 0 saturated carbocycles. The van der Waals surface area contributed by atoms with Crippen LogP contribution in [0.4, 0.5) is 0 Å². The number of likely N-dealkylation sites (tertiary alicyclic amines) is 1. The quantitative estimate of drug-likeness (QED) is 0.373. The van der Waals surface area contributed by atoms with Crippen LogP contribution in [0.2, 0.25) is 5.02 Å². The molecule has 29 heavy (non-hydrogen) atoms. The molecule has 0 spiro atoms. The van der Waals surface area contributed by atoms with E-state index in [1.54, 1.807) is 10.6 Å². The fraction of sp³-hybridized carbons (Fsp3) is 0.286. The first-order valence-electron chi connectivity index (χ1n) is 9.37. The van der Waals surface area contributed by atoms with Gasteiger partial charge in [0.05, 0.1) is 17.4 Å². The molecule has 2 aromatic carbocycles. The summed E-state index contributed by atoms with van der Waals surface area (Å²) in [5.74, 6) is 0.887. The highest BCUT2D eigenvalue weighted by Crippen LogP contribution is 2.23. The SMILES string of the molecule is O=C1CCCN1CCSc1nc2ccc(Br)cc2c(=O)n1Cc1ccccc1Cl. The van der Waals surface area contributed by atoms with E-state index in [9.17, 15) is 9.59 Å². The van der Waals surface area contributed by atoms with E-state index < -0.39 is 0 Å². The number of fused-ring (bicyclic) bond motifs is 1. The van der Waals surface area contributed by atoms with Gasteiger partial charge in [0.15, 0.2) is 5.16 Å². The van der Waals surface area contributed by atoms with Crippen molar-refractivity contribution in [2.24, 2.45) is 0 Å². The zero-order valence-electron chi connectivity index (χ0n) is 15.6. The molecule has 8 heteroatoms. The Balaban J connectivity index is 1.68. The molecule has 1 aliphatic rings. The monoisotopic (exact) mass is 491 g/mol. The van der Waals surface area contributed by atoms with Gasteiger partial charge in [-0.2, -0.15) is 0 Å². The number of rotatable bonds is 6. The van der Waals surface area contributed by atoms with E-state index in [2.05, 4.69) is 15.9 Å². The second-order valence-corrected chi connectivity index (χ2v) is 9.26. The van der Waals surface area contributed by atoms with E-state index in [-0.39, 0.29) is 11.5 Å². The summed E-state index contributed by atoms with van der Waals surface area (Å²) in [5.41, 5.74) is 1.42. The Kier molecular flexibility index (Phi) is 6.27. The zero-order valence-corrected chi connectivity index (χ0v) is 18.8. The summed E-state index contributed by atoms with van der Waals surface area (Å²) in [7, 11) is 0. The third kappa shape index (κ3) is 4.52. The summed E-state index contributed by atoms with van der Waals surface area (Å²) in [5, 5.41) is 1.81. The molecule has 150 valence electrons. The van der Waals surface area contributed by atoms with Crippen molar-refractivity contribution in [2.45, 2.75) is 24.5 Å². The lowest BCUT2D eigenvalue weighted by Crippen LogP contribution is -2.28. The maximum Gasteiger partial charge on any atom is 0.262 e. The van der Waals surface area contributed by atoms with Crippen molar-refractivity contribution in [2.75, 3.05) is 18.8 Å². The van der Waals surface area contributed by atoms with Crippen molar-refractivity contribution in [1.82, 2.24) is 14.5 Å². The fourth-order valence-corrected chi connectivity index (χ4v) is 4.92. The second-order valence-electron chi connectivity index (χ2n) is 6.87. The Morgan fingerprint density at radius 1 is 1.17 bits per heavy atom. The lowest BCUT2D eigenvalue weighted by molar-refractivity contribution is -0.127. The van der Waals surface area contributed by atoms with Gasteiger partial charge >= 0.3 is 0 Å². The van der Waals surface area contributed by atoms with Gasteiger partial charge < -0.3 is 4.90 Å². The van der Waals surface area contributed by atoms with Crippen molar-refractivity contribution in [3.8, 4) is 0 Å². The van der Waals surface area contributed by atoms with Gasteiger partial charge in [0.2, 0.25) is 5.91 Å². The first kappa shape index (κ1) is 20.4. The molecule has 3 aromatic rings. The summed E-state index contributed by atoms with van der Waals surface area (Å²) in [6.07, 6.45) is 1.55. The standard InChI is InChI=1S/C21H19BrClN3O2S/c22-15-7-8-18-16(12-15)20(28)26(13-14-4-1-2-5-17(14)23)21(24-18)29-11-10-25-9-3-6-19(25)27/h1-2,4-5,7-8,12H,3,6,9-11,13H2. The molecule has 1 fully saturated rings. The number of hydrogen-bond acceptors (Lipinski definition) is 4. The van der Waals surface area contributed by atoms with Crippen LogP contribution < -0.4 is 5.56 Å². The Hall–Kier alpha value is -1.83. The van der Waals surface area contributed by atoms with Gasteiger partial charge in [0.25, 0.3) is 5.56 Å². The molecule has 0 aliphatic carbocycles. The number of nitrogens with zero attached hydrogens (tertiary/aromatic N) is 3. The largest absolute Gasteiger partial charge is 0.342 e. The summed E-state index contributed by atoms with van der Waals surface area (Å²) in [6, 6.07) is 13.0. The van der Waals surface area contributed by atoms with Crippen molar-refractivity contribution in [1.29, 1.82) is 0 Å². The van der Waals surface area contributed by atoms with Gasteiger partial charge in [-0.3, -0.25) is 14.2 Å². The third-order valence-electron chi connectivity index (χ3n) is 4.93. The number of carbonyl (C=O) groups is 1. The van der Waals surface area contributed by atoms with Gasteiger partial charge in [-0.25, -0.2) is 4.98 Å². The molecule has 0 N–H and O–H groups in total. The van der Waals surface area contributed by atoms with Crippen LogP contribution >= 0.6 is 39.3 Å². The Bertz CT molecular complexity index is 1130. The molecule has 0 radical (unpaired) electrons. The summed E-state index contributed by atoms with van der Waals surface area (Å²) in [4.78, 5) is 31.7. The zero-order chi connectivity index (χ0) is 20.4. The minimum Gasteiger partial charge on any atom is -0.342 e. The summed E-state index contributed by atoms with van der Waals surface area (Å²) < 4.78 is 2.51. The van der Waals surface area contributed by atoms with Crippen molar-refractivity contribution < 1.29 is 4.79 Å². The van der Waals surface area contributed by atoms with E-state index in [4.69, 9.17) is 16.6 Å². The van der Waals surface area contributed by atoms with Crippen LogP contribution in [-0.2, 0) is 11.3 Å². The number of benzene rings is 2. The van der Waals surface area contributed by atoms with E-state index in [1.807, 2.05) is 41.3 Å². The minimum atomic E-state index is -0.101. The third-order valence-corrected chi connectivity index (χ3v) is 6.75. The van der Waals surface area contributed by atoms with Crippen LogP contribution in [0.1, 0.15) is 18.4 Å². The highest BCUT2D eigenvalue weighted by Gasteiger charge is 2.20. The van der Waals surface area contributed by atoms with Crippen LogP contribution in [0.25, 0.3) is 10.9 Å². The van der Waals surface area contributed by atoms with E-state index in [0.29, 0.717) is 46.3 Å². The molecule has 2 heterocycles. The van der Waals surface area contributed by atoms with Gasteiger partial charge in [-0.05, 0) is 36.2 Å². The average molecular weight is 493 g/mol. The first-order valence-corrected chi connectivity index (χ1v) is 11.5. The minimum absolute atomic E-state index is 0.101. The number of aromatic nitrogens is 2. The molecule has 1 saturated heterocycles. The average Bonchev–Trinajstić information content (AvgIpc) is 3.11. The number of thioether (sulfide) groups is 1. The molecule has 0 atom stereocenters. The second kappa shape index (κ2) is 8.90. The Morgan fingerprint density at radius 2 is 2.00 bits per heavy atom. The van der Waals surface area contributed by atoms with Crippen LogP contribution in [0, 0.1) is 0 Å². The van der Waals surface area contributed by atoms with Crippen LogP contribution in [0.5, 0.6) is 0 Å². The summed E-state index contributed by atoms with van der Waals surface area (Å²) >= 11 is 11.3. The predicted octanol–water partition coefficient (Wildman–Crippen LogP) is 4.58. The van der Waals surface area contributed by atoms with Crippen molar-refractivity contribution >= 4 is 56.1 Å². The van der Waals surface area contributed by atoms with Gasteiger partial charge in [0, 0.05) is 34.8 Å². The van der Waals surface area contributed by atoms with Crippen LogP contribution in [-0.4, -0.2) is 39.2 Å². The molecule has 5 nitrogen and oxygen atoms in total. The molecule has 1 amide bonds. The highest BCUT2D eigenvalue weighted by molar-refractivity contribution is 9.10. The predicted molar refractivity (Wildman–Crippen MR) is 121 cm³/mol. The fourth-order valence-electron chi connectivity index (χ4n) is 3.41. The highest BCUT2D eigenvalue weighted by atomic mass is 79.9.